The molecule has 0 fully saturated rings. The average Bonchev–Trinajstić information content (AvgIpc) is 2.62. The Morgan fingerprint density at radius 2 is 1.67 bits per heavy atom. The maximum Gasteiger partial charge on any atom is 0.173 e. The smallest absolute Gasteiger partial charge is 0.173 e. The Morgan fingerprint density at radius 3 is 2.25 bits per heavy atom. The first-order valence-electron chi connectivity index (χ1n) is 8.00. The van der Waals surface area contributed by atoms with Crippen LogP contribution < -0.4 is 14.8 Å². The molecule has 24 heavy (non-hydrogen) atoms. The fraction of sp³-hybridized carbons (Fsp3) is 0.316. The van der Waals surface area contributed by atoms with E-state index < -0.39 is 0 Å². The van der Waals surface area contributed by atoms with Gasteiger partial charge in [0.25, 0.3) is 0 Å². The van der Waals surface area contributed by atoms with E-state index in [2.05, 4.69) is 24.4 Å². The Kier molecular flexibility index (Phi) is 6.88. The van der Waals surface area contributed by atoms with Crippen LogP contribution >= 0.6 is 12.2 Å². The SMILES string of the molecule is CCc1ccc(NC(=S)N(C)CCOc2ccc(OC)cc2)cc1. The summed E-state index contributed by atoms with van der Waals surface area (Å²) in [5.41, 5.74) is 2.31. The summed E-state index contributed by atoms with van der Waals surface area (Å²) in [4.78, 5) is 1.96. The van der Waals surface area contributed by atoms with Gasteiger partial charge in [-0.25, -0.2) is 0 Å². The highest BCUT2D eigenvalue weighted by atomic mass is 32.1. The van der Waals surface area contributed by atoms with Crippen LogP contribution in [0.15, 0.2) is 48.5 Å². The van der Waals surface area contributed by atoms with E-state index in [1.54, 1.807) is 7.11 Å². The van der Waals surface area contributed by atoms with Crippen molar-refractivity contribution in [3.8, 4) is 11.5 Å². The van der Waals surface area contributed by atoms with Crippen molar-refractivity contribution in [2.45, 2.75) is 13.3 Å². The molecule has 0 bridgehead atoms. The fourth-order valence-corrected chi connectivity index (χ4v) is 2.33. The lowest BCUT2D eigenvalue weighted by molar-refractivity contribution is 0.285. The summed E-state index contributed by atoms with van der Waals surface area (Å²) in [7, 11) is 3.60. The van der Waals surface area contributed by atoms with E-state index in [9.17, 15) is 0 Å². The fourth-order valence-electron chi connectivity index (χ4n) is 2.12. The minimum absolute atomic E-state index is 0.555. The van der Waals surface area contributed by atoms with Gasteiger partial charge in [0.2, 0.25) is 0 Å². The molecule has 2 aromatic carbocycles. The van der Waals surface area contributed by atoms with Crippen molar-refractivity contribution in [2.24, 2.45) is 0 Å². The molecule has 0 atom stereocenters. The Labute approximate surface area is 149 Å². The highest BCUT2D eigenvalue weighted by molar-refractivity contribution is 7.80. The number of nitrogens with one attached hydrogen (secondary N) is 1. The van der Waals surface area contributed by atoms with Crippen molar-refractivity contribution in [1.29, 1.82) is 0 Å². The van der Waals surface area contributed by atoms with Crippen LogP contribution in [0.3, 0.4) is 0 Å². The van der Waals surface area contributed by atoms with Gasteiger partial charge in [0.15, 0.2) is 5.11 Å². The Hall–Kier alpha value is -2.27. The quantitative estimate of drug-likeness (QED) is 0.769. The molecule has 0 saturated heterocycles. The maximum absolute atomic E-state index is 5.72. The number of nitrogens with zero attached hydrogens (tertiary/aromatic N) is 1. The minimum Gasteiger partial charge on any atom is -0.497 e. The van der Waals surface area contributed by atoms with E-state index in [0.717, 1.165) is 23.6 Å². The van der Waals surface area contributed by atoms with Gasteiger partial charge in [-0.15, -0.1) is 0 Å². The molecule has 0 aliphatic carbocycles. The third-order valence-electron chi connectivity index (χ3n) is 3.72. The van der Waals surface area contributed by atoms with Crippen LogP contribution in [-0.2, 0) is 6.42 Å². The van der Waals surface area contributed by atoms with Crippen LogP contribution in [0.1, 0.15) is 12.5 Å². The number of thiocarbonyl (C=S) groups is 1. The van der Waals surface area contributed by atoms with Crippen molar-refractivity contribution in [3.63, 3.8) is 0 Å². The molecule has 0 aliphatic heterocycles. The van der Waals surface area contributed by atoms with Crippen molar-refractivity contribution in [3.05, 3.63) is 54.1 Å². The van der Waals surface area contributed by atoms with E-state index in [1.807, 2.05) is 48.3 Å². The molecule has 2 rings (SSSR count). The molecule has 128 valence electrons. The van der Waals surface area contributed by atoms with Crippen molar-refractivity contribution in [1.82, 2.24) is 4.90 Å². The normalized spacial score (nSPS) is 10.1. The third-order valence-corrected chi connectivity index (χ3v) is 4.13. The van der Waals surface area contributed by atoms with Gasteiger partial charge in [0.1, 0.15) is 18.1 Å². The summed E-state index contributed by atoms with van der Waals surface area (Å²) >= 11 is 5.43. The number of benzene rings is 2. The Balaban J connectivity index is 1.76. The largest absolute Gasteiger partial charge is 0.497 e. The summed E-state index contributed by atoms with van der Waals surface area (Å²) < 4.78 is 10.8. The highest BCUT2D eigenvalue weighted by Gasteiger charge is 2.05. The second-order valence-electron chi connectivity index (χ2n) is 5.43. The number of ether oxygens (including phenoxy) is 2. The standard InChI is InChI=1S/C19H24N2O2S/c1-4-15-5-7-16(8-6-15)20-19(24)21(2)13-14-23-18-11-9-17(22-3)10-12-18/h5-12H,4,13-14H2,1-3H3,(H,20,24). The lowest BCUT2D eigenvalue weighted by Gasteiger charge is -2.21. The molecule has 0 saturated carbocycles. The van der Waals surface area contributed by atoms with Gasteiger partial charge < -0.3 is 19.7 Å². The maximum atomic E-state index is 5.72. The molecule has 0 heterocycles. The van der Waals surface area contributed by atoms with Gasteiger partial charge in [-0.3, -0.25) is 0 Å². The van der Waals surface area contributed by atoms with Gasteiger partial charge in [-0.05, 0) is 60.6 Å². The predicted molar refractivity (Wildman–Crippen MR) is 103 cm³/mol. The average molecular weight is 344 g/mol. The molecule has 0 aromatic heterocycles. The van der Waals surface area contributed by atoms with E-state index in [0.29, 0.717) is 18.3 Å². The van der Waals surface area contributed by atoms with Crippen LogP contribution in [0, 0.1) is 0 Å². The van der Waals surface area contributed by atoms with E-state index >= 15 is 0 Å². The summed E-state index contributed by atoms with van der Waals surface area (Å²) in [5.74, 6) is 1.64. The molecule has 5 heteroatoms. The molecule has 0 spiro atoms. The van der Waals surface area contributed by atoms with Gasteiger partial charge in [-0.1, -0.05) is 19.1 Å². The van der Waals surface area contributed by atoms with Crippen LogP contribution in [0.4, 0.5) is 5.69 Å². The van der Waals surface area contributed by atoms with E-state index in [-0.39, 0.29) is 0 Å². The van der Waals surface area contributed by atoms with Gasteiger partial charge >= 0.3 is 0 Å². The van der Waals surface area contributed by atoms with Gasteiger partial charge in [-0.2, -0.15) is 0 Å². The number of methoxy groups -OCH3 is 1. The van der Waals surface area contributed by atoms with Crippen molar-refractivity contribution in [2.75, 3.05) is 32.6 Å². The number of aryl methyl sites for hydroxylation is 1. The highest BCUT2D eigenvalue weighted by Crippen LogP contribution is 2.17. The molecular weight excluding hydrogens is 320 g/mol. The molecule has 0 aliphatic rings. The van der Waals surface area contributed by atoms with E-state index in [1.165, 1.54) is 5.56 Å². The number of hydrogen-bond donors (Lipinski definition) is 1. The van der Waals surface area contributed by atoms with Crippen LogP contribution in [0.2, 0.25) is 0 Å². The molecule has 1 N–H and O–H groups in total. The van der Waals surface area contributed by atoms with Gasteiger partial charge in [0, 0.05) is 12.7 Å². The molecule has 2 aromatic rings. The lowest BCUT2D eigenvalue weighted by atomic mass is 10.1. The lowest BCUT2D eigenvalue weighted by Crippen LogP contribution is -2.34. The second-order valence-corrected chi connectivity index (χ2v) is 5.81. The summed E-state index contributed by atoms with van der Waals surface area (Å²) in [6, 6.07) is 15.9. The molecular formula is C19H24N2O2S. The van der Waals surface area contributed by atoms with Crippen molar-refractivity contribution < 1.29 is 9.47 Å². The summed E-state index contributed by atoms with van der Waals surface area (Å²) in [6.07, 6.45) is 1.04. The molecule has 0 unspecified atom stereocenters. The van der Waals surface area contributed by atoms with Crippen LogP contribution in [0.5, 0.6) is 11.5 Å². The third kappa shape index (κ3) is 5.42. The zero-order valence-electron chi connectivity index (χ0n) is 14.4. The predicted octanol–water partition coefficient (Wildman–Crippen LogP) is 3.97. The minimum atomic E-state index is 0.555. The first-order chi connectivity index (χ1) is 11.6. The summed E-state index contributed by atoms with van der Waals surface area (Å²) in [5, 5.41) is 3.92. The first kappa shape index (κ1) is 18.1. The monoisotopic (exact) mass is 344 g/mol. The topological polar surface area (TPSA) is 33.7 Å². The van der Waals surface area contributed by atoms with Crippen LogP contribution in [-0.4, -0.2) is 37.3 Å². The van der Waals surface area contributed by atoms with Crippen molar-refractivity contribution >= 4 is 23.0 Å². The number of likely N-dealkylation sites (N-methyl/N-ethyl adjacent to an activating group) is 1. The zero-order chi connectivity index (χ0) is 17.4. The Morgan fingerprint density at radius 1 is 1.04 bits per heavy atom. The second kappa shape index (κ2) is 9.13. The Bertz CT molecular complexity index is 641. The molecule has 0 amide bonds. The zero-order valence-corrected chi connectivity index (χ0v) is 15.2. The van der Waals surface area contributed by atoms with Crippen LogP contribution in [0.25, 0.3) is 0 Å². The summed E-state index contributed by atoms with van der Waals surface area (Å²) in [6.45, 7) is 3.40. The van der Waals surface area contributed by atoms with E-state index in [4.69, 9.17) is 21.7 Å². The molecule has 4 nitrogen and oxygen atoms in total. The molecule has 0 radical (unpaired) electrons. The number of anilines is 1. The van der Waals surface area contributed by atoms with Gasteiger partial charge in [0.05, 0.1) is 13.7 Å². The number of hydrogen-bond acceptors (Lipinski definition) is 3. The number of rotatable bonds is 7. The first-order valence-corrected chi connectivity index (χ1v) is 8.41.